The molecule has 0 aliphatic carbocycles. The van der Waals surface area contributed by atoms with E-state index in [1.54, 1.807) is 10.9 Å². The molecule has 1 aromatic heterocycles. The van der Waals surface area contributed by atoms with Gasteiger partial charge < -0.3 is 0 Å². The van der Waals surface area contributed by atoms with Gasteiger partial charge in [0.25, 0.3) is 0 Å². The molecule has 0 saturated heterocycles. The average molecular weight is 201 g/mol. The van der Waals surface area contributed by atoms with Crippen LogP contribution in [0, 0.1) is 0 Å². The molecule has 72 valence electrons. The van der Waals surface area contributed by atoms with E-state index in [1.807, 2.05) is 0 Å². The number of aromatic nitrogens is 2. The Morgan fingerprint density at radius 1 is 1.54 bits per heavy atom. The molecule has 0 atom stereocenters. The molecule has 0 saturated carbocycles. The Hall–Kier alpha value is -0.830. The minimum atomic E-state index is -0.214. The van der Waals surface area contributed by atoms with E-state index in [4.69, 9.17) is 11.6 Å². The van der Waals surface area contributed by atoms with Crippen LogP contribution < -0.4 is 5.43 Å². The maximum absolute atomic E-state index is 10.9. The molecular weight excluding hydrogens is 188 g/mol. The number of unbranched alkanes of at least 4 members (excludes halogenated alkanes) is 2. The van der Waals surface area contributed by atoms with Gasteiger partial charge in [-0.3, -0.25) is 9.48 Å². The van der Waals surface area contributed by atoms with Gasteiger partial charge in [0.2, 0.25) is 5.43 Å². The zero-order chi connectivity index (χ0) is 9.68. The molecule has 0 bridgehead atoms. The van der Waals surface area contributed by atoms with Crippen LogP contribution in [-0.2, 0) is 6.54 Å². The maximum atomic E-state index is 10.9. The smallest absolute Gasteiger partial charge is 0.219 e. The lowest BCUT2D eigenvalue weighted by molar-refractivity contribution is 0.542. The lowest BCUT2D eigenvalue weighted by Gasteiger charge is -2.03. The van der Waals surface area contributed by atoms with Crippen LogP contribution in [0.2, 0.25) is 5.15 Å². The molecule has 0 N–H and O–H groups in total. The number of hydrogen-bond donors (Lipinski definition) is 0. The molecule has 4 heteroatoms. The topological polar surface area (TPSA) is 34.9 Å². The van der Waals surface area contributed by atoms with Crippen molar-refractivity contribution in [2.24, 2.45) is 0 Å². The van der Waals surface area contributed by atoms with Crippen LogP contribution in [-0.4, -0.2) is 9.78 Å². The Morgan fingerprint density at radius 2 is 2.31 bits per heavy atom. The molecule has 0 spiro atoms. The third kappa shape index (κ3) is 3.19. The summed E-state index contributed by atoms with van der Waals surface area (Å²) in [4.78, 5) is 10.9. The summed E-state index contributed by atoms with van der Waals surface area (Å²) in [6.07, 6.45) is 5.09. The molecule has 0 fully saturated rings. The second kappa shape index (κ2) is 5.02. The van der Waals surface area contributed by atoms with Crippen molar-refractivity contribution >= 4 is 11.6 Å². The highest BCUT2D eigenvalue weighted by Gasteiger charge is 1.97. The van der Waals surface area contributed by atoms with Crippen molar-refractivity contribution in [1.82, 2.24) is 9.78 Å². The Bertz CT molecular complexity index is 322. The van der Waals surface area contributed by atoms with Gasteiger partial charge in [-0.25, -0.2) is 0 Å². The second-order valence-electron chi connectivity index (χ2n) is 2.94. The van der Waals surface area contributed by atoms with Gasteiger partial charge in [-0.2, -0.15) is 5.10 Å². The van der Waals surface area contributed by atoms with Gasteiger partial charge in [0.05, 0.1) is 0 Å². The van der Waals surface area contributed by atoms with Gasteiger partial charge >= 0.3 is 0 Å². The highest BCUT2D eigenvalue weighted by atomic mass is 35.5. The zero-order valence-corrected chi connectivity index (χ0v) is 8.42. The predicted octanol–water partition coefficient (Wildman–Crippen LogP) is 2.09. The van der Waals surface area contributed by atoms with E-state index >= 15 is 0 Å². The third-order valence-corrected chi connectivity index (χ3v) is 2.07. The van der Waals surface area contributed by atoms with Crippen LogP contribution in [0.1, 0.15) is 26.2 Å². The van der Waals surface area contributed by atoms with Crippen molar-refractivity contribution < 1.29 is 0 Å². The lowest BCUT2D eigenvalue weighted by atomic mass is 10.2. The van der Waals surface area contributed by atoms with Crippen LogP contribution in [0.3, 0.4) is 0 Å². The quantitative estimate of drug-likeness (QED) is 0.698. The number of rotatable bonds is 4. The fourth-order valence-electron chi connectivity index (χ4n) is 1.07. The third-order valence-electron chi connectivity index (χ3n) is 1.81. The SMILES string of the molecule is CCCCCn1ccc(=O)c(Cl)n1. The average Bonchev–Trinajstić information content (AvgIpc) is 2.12. The monoisotopic (exact) mass is 200 g/mol. The first-order valence-electron chi connectivity index (χ1n) is 4.47. The summed E-state index contributed by atoms with van der Waals surface area (Å²) in [6.45, 7) is 2.97. The standard InChI is InChI=1S/C9H13ClN2O/c1-2-3-4-6-12-7-5-8(13)9(10)11-12/h5,7H,2-4,6H2,1H3. The van der Waals surface area contributed by atoms with Gasteiger partial charge in [0.15, 0.2) is 5.15 Å². The van der Waals surface area contributed by atoms with Gasteiger partial charge in [-0.1, -0.05) is 31.4 Å². The van der Waals surface area contributed by atoms with Crippen molar-refractivity contribution in [3.63, 3.8) is 0 Å². The van der Waals surface area contributed by atoms with Crippen molar-refractivity contribution in [1.29, 1.82) is 0 Å². The summed E-state index contributed by atoms with van der Waals surface area (Å²) >= 11 is 5.58. The minimum Gasteiger partial charge on any atom is -0.286 e. The molecular formula is C9H13ClN2O. The van der Waals surface area contributed by atoms with E-state index in [2.05, 4.69) is 12.0 Å². The van der Waals surface area contributed by atoms with E-state index in [-0.39, 0.29) is 10.6 Å². The van der Waals surface area contributed by atoms with E-state index in [1.165, 1.54) is 18.9 Å². The van der Waals surface area contributed by atoms with Crippen LogP contribution in [0.5, 0.6) is 0 Å². The van der Waals surface area contributed by atoms with Crippen LogP contribution >= 0.6 is 11.6 Å². The summed E-state index contributed by atoms with van der Waals surface area (Å²) in [6, 6.07) is 1.45. The molecule has 0 radical (unpaired) electrons. The lowest BCUT2D eigenvalue weighted by Crippen LogP contribution is -2.11. The highest BCUT2D eigenvalue weighted by Crippen LogP contribution is 1.98. The Labute approximate surface area is 82.3 Å². The second-order valence-corrected chi connectivity index (χ2v) is 3.30. The molecule has 0 aromatic carbocycles. The van der Waals surface area contributed by atoms with Crippen molar-refractivity contribution in [3.05, 3.63) is 27.6 Å². The largest absolute Gasteiger partial charge is 0.286 e. The Balaban J connectivity index is 2.58. The summed E-state index contributed by atoms with van der Waals surface area (Å²) in [7, 11) is 0. The number of halogens is 1. The number of hydrogen-bond acceptors (Lipinski definition) is 2. The van der Waals surface area contributed by atoms with Crippen LogP contribution in [0.15, 0.2) is 17.1 Å². The Morgan fingerprint density at radius 3 is 2.92 bits per heavy atom. The molecule has 3 nitrogen and oxygen atoms in total. The number of aryl methyl sites for hydroxylation is 1. The summed E-state index contributed by atoms with van der Waals surface area (Å²) in [5.74, 6) is 0. The van der Waals surface area contributed by atoms with Gasteiger partial charge in [-0.05, 0) is 6.42 Å². The molecule has 1 heterocycles. The molecule has 1 rings (SSSR count). The summed E-state index contributed by atoms with van der Waals surface area (Å²) in [5.41, 5.74) is -0.214. The normalized spacial score (nSPS) is 10.3. The predicted molar refractivity (Wildman–Crippen MR) is 53.0 cm³/mol. The maximum Gasteiger partial charge on any atom is 0.219 e. The molecule has 0 amide bonds. The number of nitrogens with zero attached hydrogens (tertiary/aromatic N) is 2. The molecule has 0 unspecified atom stereocenters. The first-order chi connectivity index (χ1) is 6.24. The van der Waals surface area contributed by atoms with E-state index < -0.39 is 0 Å². The van der Waals surface area contributed by atoms with Crippen molar-refractivity contribution in [2.75, 3.05) is 0 Å². The van der Waals surface area contributed by atoms with Crippen LogP contribution in [0.25, 0.3) is 0 Å². The van der Waals surface area contributed by atoms with Crippen molar-refractivity contribution in [2.45, 2.75) is 32.7 Å². The van der Waals surface area contributed by atoms with Crippen molar-refractivity contribution in [3.8, 4) is 0 Å². The molecule has 0 aliphatic rings. The molecule has 0 aliphatic heterocycles. The van der Waals surface area contributed by atoms with E-state index in [0.717, 1.165) is 13.0 Å². The highest BCUT2D eigenvalue weighted by molar-refractivity contribution is 6.29. The van der Waals surface area contributed by atoms with E-state index in [0.29, 0.717) is 0 Å². The molecule has 1 aromatic rings. The zero-order valence-electron chi connectivity index (χ0n) is 7.66. The summed E-state index contributed by atoms with van der Waals surface area (Å²) in [5, 5.41) is 3.97. The van der Waals surface area contributed by atoms with Gasteiger partial charge in [0.1, 0.15) is 0 Å². The van der Waals surface area contributed by atoms with Crippen LogP contribution in [0.4, 0.5) is 0 Å². The minimum absolute atomic E-state index is 0.0546. The Kier molecular flexibility index (Phi) is 3.96. The fourth-order valence-corrected chi connectivity index (χ4v) is 1.23. The first-order valence-corrected chi connectivity index (χ1v) is 4.85. The van der Waals surface area contributed by atoms with Gasteiger partial charge in [-0.15, -0.1) is 0 Å². The first kappa shape index (κ1) is 10.3. The fraction of sp³-hybridized carbons (Fsp3) is 0.556. The summed E-state index contributed by atoms with van der Waals surface area (Å²) < 4.78 is 1.71. The van der Waals surface area contributed by atoms with Gasteiger partial charge in [0, 0.05) is 18.8 Å². The molecule has 13 heavy (non-hydrogen) atoms. The van der Waals surface area contributed by atoms with E-state index in [9.17, 15) is 4.79 Å².